The maximum atomic E-state index is 12.3. The lowest BCUT2D eigenvalue weighted by Crippen LogP contribution is -2.28. The lowest BCUT2D eigenvalue weighted by Gasteiger charge is -2.15. The molecule has 1 N–H and O–H groups in total. The van der Waals surface area contributed by atoms with Crippen molar-refractivity contribution >= 4 is 11.9 Å². The van der Waals surface area contributed by atoms with Crippen LogP contribution in [0.15, 0.2) is 134 Å². The van der Waals surface area contributed by atoms with Gasteiger partial charge in [0.05, 0.1) is 6.61 Å². The number of esters is 2. The fraction of sp³-hybridized carbons (Fsp3) is 0.625. The van der Waals surface area contributed by atoms with Crippen LogP contribution in [0, 0.1) is 0 Å². The van der Waals surface area contributed by atoms with Gasteiger partial charge in [-0.1, -0.05) is 244 Å². The van der Waals surface area contributed by atoms with Gasteiger partial charge in [-0.3, -0.25) is 9.59 Å². The summed E-state index contributed by atoms with van der Waals surface area (Å²) in [5.41, 5.74) is 0. The molecule has 0 aliphatic carbocycles. The Morgan fingerprint density at radius 1 is 0.348 bits per heavy atom. The van der Waals surface area contributed by atoms with Gasteiger partial charge in [-0.25, -0.2) is 0 Å². The van der Waals surface area contributed by atoms with E-state index in [0.717, 1.165) is 109 Å². The van der Waals surface area contributed by atoms with Gasteiger partial charge < -0.3 is 14.6 Å². The number of hydrogen-bond acceptors (Lipinski definition) is 5. The lowest BCUT2D eigenvalue weighted by molar-refractivity contribution is -0.161. The molecule has 0 spiro atoms. The SMILES string of the molecule is CC/C=C\C/C=C\C/C=C\C/C=C\C/C=C\C/C=C\C/C=C\C/C=C\C/C=C\C/C=C\CCCCCCCCC(=O)OC(CO)COC(=O)CCCCCCCCC/C=C\CCCCCCCCC. The van der Waals surface area contributed by atoms with Crippen LogP contribution in [0.1, 0.15) is 239 Å². The van der Waals surface area contributed by atoms with Crippen molar-refractivity contribution in [2.75, 3.05) is 13.2 Å². The fourth-order valence-corrected chi connectivity index (χ4v) is 7.46. The second kappa shape index (κ2) is 58.4. The van der Waals surface area contributed by atoms with Crippen LogP contribution in [0.25, 0.3) is 0 Å². The number of hydrogen-bond donors (Lipinski definition) is 1. The highest BCUT2D eigenvalue weighted by molar-refractivity contribution is 5.70. The molecule has 5 nitrogen and oxygen atoms in total. The third-order valence-electron chi connectivity index (χ3n) is 11.7. The van der Waals surface area contributed by atoms with Gasteiger partial charge in [0.15, 0.2) is 6.10 Å². The smallest absolute Gasteiger partial charge is 0.306 e. The van der Waals surface area contributed by atoms with Gasteiger partial charge in [0, 0.05) is 12.8 Å². The van der Waals surface area contributed by atoms with E-state index in [9.17, 15) is 14.7 Å². The Morgan fingerprint density at radius 3 is 0.957 bits per heavy atom. The summed E-state index contributed by atoms with van der Waals surface area (Å²) < 4.78 is 10.7. The van der Waals surface area contributed by atoms with Gasteiger partial charge in [0.1, 0.15) is 6.61 Å². The summed E-state index contributed by atoms with van der Waals surface area (Å²) in [7, 11) is 0. The van der Waals surface area contributed by atoms with E-state index >= 15 is 0 Å². The number of aliphatic hydroxyl groups is 1. The highest BCUT2D eigenvalue weighted by Gasteiger charge is 2.16. The third kappa shape index (κ3) is 56.5. The Labute approximate surface area is 425 Å². The van der Waals surface area contributed by atoms with Crippen LogP contribution in [0.2, 0.25) is 0 Å². The summed E-state index contributed by atoms with van der Waals surface area (Å²) in [4.78, 5) is 24.5. The standard InChI is InChI=1S/C64H104O5/c1-3-5-7-9-11-13-15-17-19-21-23-24-25-26-27-28-29-30-31-32-33-34-35-36-37-38-39-40-41-43-45-47-49-51-53-55-57-59-64(67)69-62(60-65)61-68-63(66)58-56-54-52-50-48-46-44-42-22-20-18-16-14-12-10-8-6-4-2/h5,7,11,13,17,19-20,22-24,26-27,29-30,32-33,35-36,38-39,41,43,62,65H,3-4,6,8-10,12,14-16,18,21,25,28,31,34,37,40,42,44-61H2,1-2H3/b7-5-,13-11-,19-17-,22-20-,24-23-,27-26-,30-29-,33-32-,36-35-,39-38-,43-41-. The van der Waals surface area contributed by atoms with Gasteiger partial charge in [-0.2, -0.15) is 0 Å². The van der Waals surface area contributed by atoms with Crippen molar-refractivity contribution in [3.05, 3.63) is 134 Å². The summed E-state index contributed by atoms with van der Waals surface area (Å²) in [6.07, 6.45) is 87.0. The molecule has 0 aromatic rings. The molecule has 0 aliphatic heterocycles. The first kappa shape index (κ1) is 65.0. The van der Waals surface area contributed by atoms with Crippen LogP contribution in [-0.2, 0) is 19.1 Å². The van der Waals surface area contributed by atoms with E-state index in [1.807, 2.05) is 0 Å². The number of allylic oxidation sites excluding steroid dienone is 22. The number of ether oxygens (including phenoxy) is 2. The second-order valence-corrected chi connectivity index (χ2v) is 18.3. The molecule has 1 atom stereocenters. The van der Waals surface area contributed by atoms with E-state index in [2.05, 4.69) is 148 Å². The Kier molecular flexibility index (Phi) is 55.0. The average Bonchev–Trinajstić information content (AvgIpc) is 3.35. The number of aliphatic hydroxyl groups excluding tert-OH is 1. The van der Waals surface area contributed by atoms with Crippen molar-refractivity contribution in [1.82, 2.24) is 0 Å². The molecule has 5 heteroatoms. The third-order valence-corrected chi connectivity index (χ3v) is 11.7. The number of carbonyl (C=O) groups is 2. The van der Waals surface area contributed by atoms with Gasteiger partial charge in [-0.05, 0) is 116 Å². The number of unbranched alkanes of at least 4 members (excludes halogenated alkanes) is 20. The average molecular weight is 954 g/mol. The minimum absolute atomic E-state index is 0.0810. The largest absolute Gasteiger partial charge is 0.462 e. The van der Waals surface area contributed by atoms with E-state index < -0.39 is 6.10 Å². The Hall–Kier alpha value is -3.96. The van der Waals surface area contributed by atoms with E-state index in [1.165, 1.54) is 103 Å². The van der Waals surface area contributed by atoms with Crippen LogP contribution in [-0.4, -0.2) is 36.4 Å². The van der Waals surface area contributed by atoms with E-state index in [0.29, 0.717) is 12.8 Å². The van der Waals surface area contributed by atoms with Crippen molar-refractivity contribution in [1.29, 1.82) is 0 Å². The highest BCUT2D eigenvalue weighted by Crippen LogP contribution is 2.14. The minimum Gasteiger partial charge on any atom is -0.462 e. The number of carbonyl (C=O) groups excluding carboxylic acids is 2. The molecule has 1 unspecified atom stereocenters. The van der Waals surface area contributed by atoms with E-state index in [4.69, 9.17) is 9.47 Å². The van der Waals surface area contributed by atoms with Crippen molar-refractivity contribution in [3.63, 3.8) is 0 Å². The second-order valence-electron chi connectivity index (χ2n) is 18.3. The zero-order valence-corrected chi connectivity index (χ0v) is 44.5. The molecule has 0 aromatic carbocycles. The number of rotatable bonds is 50. The molecule has 0 rings (SSSR count). The first-order chi connectivity index (χ1) is 34.1. The van der Waals surface area contributed by atoms with Gasteiger partial charge >= 0.3 is 11.9 Å². The molecule has 0 saturated heterocycles. The normalized spacial score (nSPS) is 13.3. The van der Waals surface area contributed by atoms with Crippen LogP contribution < -0.4 is 0 Å². The van der Waals surface area contributed by atoms with Crippen LogP contribution in [0.3, 0.4) is 0 Å². The first-order valence-corrected chi connectivity index (χ1v) is 28.2. The molecule has 0 saturated carbocycles. The lowest BCUT2D eigenvalue weighted by atomic mass is 10.1. The molecule has 0 aliphatic rings. The minimum atomic E-state index is -0.791. The predicted octanol–water partition coefficient (Wildman–Crippen LogP) is 19.2. The first-order valence-electron chi connectivity index (χ1n) is 28.2. The molecule has 69 heavy (non-hydrogen) atoms. The summed E-state index contributed by atoms with van der Waals surface area (Å²) in [5, 5.41) is 9.64. The monoisotopic (exact) mass is 953 g/mol. The Morgan fingerprint density at radius 2 is 0.623 bits per heavy atom. The maximum absolute atomic E-state index is 12.3. The topological polar surface area (TPSA) is 72.8 Å². The zero-order valence-electron chi connectivity index (χ0n) is 44.5. The molecule has 0 bridgehead atoms. The molecule has 0 radical (unpaired) electrons. The summed E-state index contributed by atoms with van der Waals surface area (Å²) >= 11 is 0. The van der Waals surface area contributed by atoms with Gasteiger partial charge in [-0.15, -0.1) is 0 Å². The molecule has 390 valence electrons. The highest BCUT2D eigenvalue weighted by atomic mass is 16.6. The van der Waals surface area contributed by atoms with E-state index in [-0.39, 0.29) is 25.2 Å². The fourth-order valence-electron chi connectivity index (χ4n) is 7.46. The molecule has 0 aromatic heterocycles. The van der Waals surface area contributed by atoms with Crippen LogP contribution in [0.5, 0.6) is 0 Å². The summed E-state index contributed by atoms with van der Waals surface area (Å²) in [5.74, 6) is -0.618. The summed E-state index contributed by atoms with van der Waals surface area (Å²) in [6, 6.07) is 0. The van der Waals surface area contributed by atoms with Gasteiger partial charge in [0.2, 0.25) is 0 Å². The van der Waals surface area contributed by atoms with E-state index in [1.54, 1.807) is 0 Å². The van der Waals surface area contributed by atoms with Crippen molar-refractivity contribution in [2.45, 2.75) is 245 Å². The predicted molar refractivity (Wildman–Crippen MR) is 301 cm³/mol. The van der Waals surface area contributed by atoms with Crippen LogP contribution >= 0.6 is 0 Å². The zero-order chi connectivity index (χ0) is 49.9. The van der Waals surface area contributed by atoms with Gasteiger partial charge in [0.25, 0.3) is 0 Å². The maximum Gasteiger partial charge on any atom is 0.306 e. The summed E-state index contributed by atoms with van der Waals surface area (Å²) in [6.45, 7) is 4.01. The van der Waals surface area contributed by atoms with Crippen LogP contribution in [0.4, 0.5) is 0 Å². The Balaban J connectivity index is 3.63. The Bertz CT molecular complexity index is 1450. The van der Waals surface area contributed by atoms with Crippen molar-refractivity contribution < 1.29 is 24.2 Å². The molecular formula is C64H104O5. The quantitative estimate of drug-likeness (QED) is 0.0374. The molecular weight excluding hydrogens is 849 g/mol. The molecule has 0 amide bonds. The molecule has 0 heterocycles. The molecule has 0 fully saturated rings. The van der Waals surface area contributed by atoms with Crippen molar-refractivity contribution in [3.8, 4) is 0 Å². The van der Waals surface area contributed by atoms with Crippen molar-refractivity contribution in [2.24, 2.45) is 0 Å².